The molecule has 2 amide bonds. The lowest BCUT2D eigenvalue weighted by atomic mass is 10.0. The van der Waals surface area contributed by atoms with Crippen LogP contribution < -0.4 is 4.74 Å². The Morgan fingerprint density at radius 2 is 1.74 bits per heavy atom. The molecule has 0 N–H and O–H groups in total. The zero-order valence-corrected chi connectivity index (χ0v) is 14.5. The first kappa shape index (κ1) is 17.3. The molecule has 1 fully saturated rings. The fraction of sp³-hybridized carbons (Fsp3) is 0.556. The van der Waals surface area contributed by atoms with Gasteiger partial charge in [0.2, 0.25) is 5.91 Å². The predicted octanol–water partition coefficient (Wildman–Crippen LogP) is 2.19. The molecule has 0 atom stereocenters. The van der Waals surface area contributed by atoms with E-state index >= 15 is 0 Å². The molecule has 5 nitrogen and oxygen atoms in total. The SMILES string of the molecule is CC(=O)N1CCN(C(=O)COc2cc(C)ccc2C(C)C)CC1. The Bertz CT molecular complexity index is 576. The van der Waals surface area contributed by atoms with Crippen LogP contribution in [-0.2, 0) is 9.59 Å². The summed E-state index contributed by atoms with van der Waals surface area (Å²) in [5, 5.41) is 0. The number of ether oxygens (including phenoxy) is 1. The second-order valence-electron chi connectivity index (χ2n) is 6.37. The van der Waals surface area contributed by atoms with Crippen LogP contribution in [0.15, 0.2) is 18.2 Å². The van der Waals surface area contributed by atoms with Gasteiger partial charge in [-0.2, -0.15) is 0 Å². The van der Waals surface area contributed by atoms with Crippen molar-refractivity contribution in [2.75, 3.05) is 32.8 Å². The summed E-state index contributed by atoms with van der Waals surface area (Å²) in [6.07, 6.45) is 0. The molecule has 5 heteroatoms. The van der Waals surface area contributed by atoms with E-state index in [1.165, 1.54) is 0 Å². The van der Waals surface area contributed by atoms with Gasteiger partial charge in [-0.05, 0) is 30.0 Å². The largest absolute Gasteiger partial charge is 0.483 e. The highest BCUT2D eigenvalue weighted by Gasteiger charge is 2.22. The first-order valence-electron chi connectivity index (χ1n) is 8.15. The highest BCUT2D eigenvalue weighted by molar-refractivity contribution is 5.78. The summed E-state index contributed by atoms with van der Waals surface area (Å²) < 4.78 is 5.80. The lowest BCUT2D eigenvalue weighted by Crippen LogP contribution is -2.51. The molecule has 0 unspecified atom stereocenters. The number of nitrogens with zero attached hydrogens (tertiary/aromatic N) is 2. The number of carbonyl (C=O) groups is 2. The molecule has 0 spiro atoms. The summed E-state index contributed by atoms with van der Waals surface area (Å²) in [6.45, 7) is 10.2. The van der Waals surface area contributed by atoms with Gasteiger partial charge in [-0.3, -0.25) is 9.59 Å². The Kier molecular flexibility index (Phi) is 5.64. The highest BCUT2D eigenvalue weighted by atomic mass is 16.5. The minimum absolute atomic E-state index is 0.0237. The Morgan fingerprint density at radius 3 is 2.30 bits per heavy atom. The smallest absolute Gasteiger partial charge is 0.260 e. The number of amides is 2. The van der Waals surface area contributed by atoms with Gasteiger partial charge in [-0.1, -0.05) is 26.0 Å². The first-order chi connectivity index (χ1) is 10.9. The van der Waals surface area contributed by atoms with Crippen LogP contribution in [0, 0.1) is 6.92 Å². The first-order valence-corrected chi connectivity index (χ1v) is 8.15. The minimum Gasteiger partial charge on any atom is -0.483 e. The van der Waals surface area contributed by atoms with Gasteiger partial charge >= 0.3 is 0 Å². The van der Waals surface area contributed by atoms with Crippen LogP contribution in [0.3, 0.4) is 0 Å². The quantitative estimate of drug-likeness (QED) is 0.855. The standard InChI is InChI=1S/C18H26N2O3/c1-13(2)16-6-5-14(3)11-17(16)23-12-18(22)20-9-7-19(8-10-20)15(4)21/h5-6,11,13H,7-10,12H2,1-4H3. The molecule has 126 valence electrons. The van der Waals surface area contributed by atoms with Crippen molar-refractivity contribution in [2.24, 2.45) is 0 Å². The molecule has 0 radical (unpaired) electrons. The van der Waals surface area contributed by atoms with E-state index in [-0.39, 0.29) is 18.4 Å². The van der Waals surface area contributed by atoms with Crippen LogP contribution in [0.1, 0.15) is 37.8 Å². The Labute approximate surface area is 138 Å². The molecule has 1 aromatic carbocycles. The molecule has 1 aromatic rings. The van der Waals surface area contributed by atoms with E-state index in [0.717, 1.165) is 16.9 Å². The zero-order valence-electron chi connectivity index (χ0n) is 14.5. The number of aryl methyl sites for hydroxylation is 1. The van der Waals surface area contributed by atoms with Gasteiger partial charge in [0.05, 0.1) is 0 Å². The van der Waals surface area contributed by atoms with Crippen LogP contribution >= 0.6 is 0 Å². The Hall–Kier alpha value is -2.04. The van der Waals surface area contributed by atoms with Crippen molar-refractivity contribution in [3.05, 3.63) is 29.3 Å². The molecule has 2 rings (SSSR count). The summed E-state index contributed by atoms with van der Waals surface area (Å²) in [7, 11) is 0. The van der Waals surface area contributed by atoms with Crippen LogP contribution in [0.2, 0.25) is 0 Å². The average molecular weight is 318 g/mol. The van der Waals surface area contributed by atoms with Crippen molar-refractivity contribution in [1.82, 2.24) is 9.80 Å². The maximum Gasteiger partial charge on any atom is 0.260 e. The van der Waals surface area contributed by atoms with Gasteiger partial charge in [0, 0.05) is 33.1 Å². The average Bonchev–Trinajstić information content (AvgIpc) is 2.52. The zero-order chi connectivity index (χ0) is 17.0. The summed E-state index contributed by atoms with van der Waals surface area (Å²) in [5.41, 5.74) is 2.23. The number of rotatable bonds is 4. The van der Waals surface area contributed by atoms with E-state index in [4.69, 9.17) is 4.74 Å². The van der Waals surface area contributed by atoms with Crippen molar-refractivity contribution in [1.29, 1.82) is 0 Å². The topological polar surface area (TPSA) is 49.9 Å². The van der Waals surface area contributed by atoms with Gasteiger partial charge in [-0.25, -0.2) is 0 Å². The Balaban J connectivity index is 1.93. The molecular formula is C18H26N2O3. The van der Waals surface area contributed by atoms with Crippen LogP contribution in [0.25, 0.3) is 0 Å². The van der Waals surface area contributed by atoms with Crippen molar-refractivity contribution in [3.63, 3.8) is 0 Å². The minimum atomic E-state index is -0.0237. The molecule has 0 saturated carbocycles. The third-order valence-electron chi connectivity index (χ3n) is 4.22. The van der Waals surface area contributed by atoms with Gasteiger partial charge in [0.1, 0.15) is 5.75 Å². The normalized spacial score (nSPS) is 15.0. The Morgan fingerprint density at radius 1 is 1.13 bits per heavy atom. The van der Waals surface area contributed by atoms with E-state index in [2.05, 4.69) is 26.0 Å². The van der Waals surface area contributed by atoms with Crippen LogP contribution in [0.5, 0.6) is 5.75 Å². The molecule has 0 aliphatic carbocycles. The van der Waals surface area contributed by atoms with Gasteiger partial charge in [-0.15, -0.1) is 0 Å². The van der Waals surface area contributed by atoms with E-state index in [1.54, 1.807) is 16.7 Å². The third kappa shape index (κ3) is 4.47. The summed E-state index contributed by atoms with van der Waals surface area (Å²) in [6, 6.07) is 6.10. The molecule has 1 heterocycles. The molecule has 0 aromatic heterocycles. The third-order valence-corrected chi connectivity index (χ3v) is 4.22. The summed E-state index contributed by atoms with van der Waals surface area (Å²) in [5.74, 6) is 1.18. The second-order valence-corrected chi connectivity index (χ2v) is 6.37. The number of hydrogen-bond acceptors (Lipinski definition) is 3. The lowest BCUT2D eigenvalue weighted by Gasteiger charge is -2.34. The maximum absolute atomic E-state index is 12.3. The van der Waals surface area contributed by atoms with Crippen LogP contribution in [-0.4, -0.2) is 54.4 Å². The maximum atomic E-state index is 12.3. The van der Waals surface area contributed by atoms with Crippen molar-refractivity contribution < 1.29 is 14.3 Å². The number of hydrogen-bond donors (Lipinski definition) is 0. The van der Waals surface area contributed by atoms with Gasteiger partial charge < -0.3 is 14.5 Å². The number of piperazine rings is 1. The van der Waals surface area contributed by atoms with Crippen LogP contribution in [0.4, 0.5) is 0 Å². The van der Waals surface area contributed by atoms with Crippen molar-refractivity contribution >= 4 is 11.8 Å². The predicted molar refractivity (Wildman–Crippen MR) is 89.6 cm³/mol. The van der Waals surface area contributed by atoms with Crippen molar-refractivity contribution in [3.8, 4) is 5.75 Å². The number of carbonyl (C=O) groups excluding carboxylic acids is 2. The lowest BCUT2D eigenvalue weighted by molar-refractivity contribution is -0.139. The van der Waals surface area contributed by atoms with Crippen molar-refractivity contribution in [2.45, 2.75) is 33.6 Å². The molecule has 1 aliphatic rings. The van der Waals surface area contributed by atoms with E-state index < -0.39 is 0 Å². The highest BCUT2D eigenvalue weighted by Crippen LogP contribution is 2.27. The summed E-state index contributed by atoms with van der Waals surface area (Å²) in [4.78, 5) is 27.2. The number of benzene rings is 1. The molecule has 0 bridgehead atoms. The fourth-order valence-electron chi connectivity index (χ4n) is 2.75. The fourth-order valence-corrected chi connectivity index (χ4v) is 2.75. The second kappa shape index (κ2) is 7.49. The molecule has 23 heavy (non-hydrogen) atoms. The van der Waals surface area contributed by atoms with Gasteiger partial charge in [0.15, 0.2) is 6.61 Å². The molecular weight excluding hydrogens is 292 g/mol. The molecule has 1 saturated heterocycles. The monoisotopic (exact) mass is 318 g/mol. The molecule has 1 aliphatic heterocycles. The van der Waals surface area contributed by atoms with E-state index in [0.29, 0.717) is 32.1 Å². The van der Waals surface area contributed by atoms with E-state index in [1.807, 2.05) is 13.0 Å². The van der Waals surface area contributed by atoms with Gasteiger partial charge in [0.25, 0.3) is 5.91 Å². The summed E-state index contributed by atoms with van der Waals surface area (Å²) >= 11 is 0. The van der Waals surface area contributed by atoms with E-state index in [9.17, 15) is 9.59 Å².